The molecule has 3 atom stereocenters. The topological polar surface area (TPSA) is 75.7 Å². The summed E-state index contributed by atoms with van der Waals surface area (Å²) in [6.45, 7) is 1.51. The number of hydrogen-bond acceptors (Lipinski definition) is 4. The number of ether oxygens (including phenoxy) is 1. The third kappa shape index (κ3) is 3.32. The van der Waals surface area contributed by atoms with Crippen LogP contribution in [0.3, 0.4) is 0 Å². The molecule has 7 heteroatoms. The molecule has 1 aromatic carbocycles. The van der Waals surface area contributed by atoms with E-state index in [0.29, 0.717) is 37.8 Å². The zero-order valence-electron chi connectivity index (χ0n) is 14.2. The minimum atomic E-state index is -3.58. The molecular formula is C18H24N2O4S. The van der Waals surface area contributed by atoms with Gasteiger partial charge in [0, 0.05) is 24.7 Å². The third-order valence-corrected chi connectivity index (χ3v) is 7.65. The summed E-state index contributed by atoms with van der Waals surface area (Å²) in [7, 11) is -3.58. The molecule has 0 aromatic heterocycles. The average molecular weight is 364 g/mol. The molecule has 0 unspecified atom stereocenters. The van der Waals surface area contributed by atoms with E-state index < -0.39 is 10.0 Å². The number of carbonyl (C=O) groups excluding carboxylic acids is 1. The Labute approximate surface area is 148 Å². The van der Waals surface area contributed by atoms with Crippen molar-refractivity contribution in [1.82, 2.24) is 9.62 Å². The number of carbonyl (C=O) groups is 1. The number of fused-ring (bicyclic) bond motifs is 2. The number of morpholine rings is 1. The fourth-order valence-corrected chi connectivity index (χ4v) is 5.86. The predicted molar refractivity (Wildman–Crippen MR) is 92.7 cm³/mol. The van der Waals surface area contributed by atoms with Crippen molar-refractivity contribution in [2.24, 2.45) is 11.8 Å². The molecule has 2 saturated carbocycles. The molecular weight excluding hydrogens is 340 g/mol. The van der Waals surface area contributed by atoms with Crippen molar-refractivity contribution < 1.29 is 17.9 Å². The first-order valence-electron chi connectivity index (χ1n) is 9.03. The van der Waals surface area contributed by atoms with E-state index in [1.165, 1.54) is 29.6 Å². The quantitative estimate of drug-likeness (QED) is 0.881. The first-order valence-corrected chi connectivity index (χ1v) is 10.5. The Kier molecular flexibility index (Phi) is 4.56. The van der Waals surface area contributed by atoms with Crippen LogP contribution in [0.1, 0.15) is 36.0 Å². The van der Waals surface area contributed by atoms with Gasteiger partial charge in [-0.2, -0.15) is 4.31 Å². The highest BCUT2D eigenvalue weighted by Gasteiger charge is 2.40. The molecule has 1 amide bonds. The largest absolute Gasteiger partial charge is 0.379 e. The van der Waals surface area contributed by atoms with Crippen LogP contribution >= 0.6 is 0 Å². The molecule has 6 nitrogen and oxygen atoms in total. The minimum Gasteiger partial charge on any atom is -0.379 e. The van der Waals surface area contributed by atoms with Gasteiger partial charge in [0.2, 0.25) is 10.0 Å². The predicted octanol–water partition coefficient (Wildman–Crippen LogP) is 1.63. The van der Waals surface area contributed by atoms with E-state index in [4.69, 9.17) is 4.74 Å². The summed E-state index contributed by atoms with van der Waals surface area (Å²) in [5.74, 6) is 1.18. The van der Waals surface area contributed by atoms with Crippen LogP contribution in [-0.2, 0) is 14.8 Å². The molecule has 2 bridgehead atoms. The second kappa shape index (κ2) is 6.70. The molecule has 1 aromatic rings. The Morgan fingerprint density at radius 3 is 2.64 bits per heavy atom. The van der Waals surface area contributed by atoms with E-state index in [1.807, 2.05) is 0 Å². The van der Waals surface area contributed by atoms with Crippen molar-refractivity contribution in [1.29, 1.82) is 0 Å². The molecule has 136 valence electrons. The number of nitrogens with one attached hydrogen (secondary N) is 1. The minimum absolute atomic E-state index is 0.170. The van der Waals surface area contributed by atoms with Gasteiger partial charge in [-0.15, -0.1) is 0 Å². The van der Waals surface area contributed by atoms with E-state index in [-0.39, 0.29) is 16.8 Å². The molecule has 1 N–H and O–H groups in total. The van der Waals surface area contributed by atoms with Gasteiger partial charge in [0.15, 0.2) is 0 Å². The van der Waals surface area contributed by atoms with E-state index in [1.54, 1.807) is 18.2 Å². The Bertz CT molecular complexity index is 758. The highest BCUT2D eigenvalue weighted by molar-refractivity contribution is 7.89. The Hall–Kier alpha value is -1.44. The van der Waals surface area contributed by atoms with Crippen molar-refractivity contribution in [3.05, 3.63) is 29.8 Å². The lowest BCUT2D eigenvalue weighted by atomic mass is 9.95. The van der Waals surface area contributed by atoms with Crippen LogP contribution in [0.25, 0.3) is 0 Å². The first-order chi connectivity index (χ1) is 12.0. The van der Waals surface area contributed by atoms with Crippen LogP contribution in [0, 0.1) is 11.8 Å². The number of benzene rings is 1. The summed E-state index contributed by atoms with van der Waals surface area (Å²) in [6, 6.07) is 6.61. The fraction of sp³-hybridized carbons (Fsp3) is 0.611. The highest BCUT2D eigenvalue weighted by atomic mass is 32.2. The smallest absolute Gasteiger partial charge is 0.251 e. The van der Waals surface area contributed by atoms with E-state index >= 15 is 0 Å². The number of amides is 1. The van der Waals surface area contributed by atoms with Crippen molar-refractivity contribution in [2.75, 3.05) is 26.3 Å². The lowest BCUT2D eigenvalue weighted by Gasteiger charge is -2.26. The standard InChI is InChI=1S/C18H24N2O4S/c21-18(19-17-11-13-4-5-14(17)10-13)15-2-1-3-16(12-15)25(22,23)20-6-8-24-9-7-20/h1-3,12-14,17H,4-11H2,(H,19,21)/t13-,14-,17+/m1/s1. The van der Waals surface area contributed by atoms with Crippen LogP contribution in [-0.4, -0.2) is 51.0 Å². The number of hydrogen-bond donors (Lipinski definition) is 1. The van der Waals surface area contributed by atoms with Crippen molar-refractivity contribution in [3.8, 4) is 0 Å². The summed E-state index contributed by atoms with van der Waals surface area (Å²) < 4.78 is 32.1. The van der Waals surface area contributed by atoms with E-state index in [0.717, 1.165) is 12.3 Å². The Morgan fingerprint density at radius 1 is 1.16 bits per heavy atom. The number of nitrogens with zero attached hydrogens (tertiary/aromatic N) is 1. The third-order valence-electron chi connectivity index (χ3n) is 5.76. The molecule has 1 heterocycles. The maximum absolute atomic E-state index is 12.7. The summed E-state index contributed by atoms with van der Waals surface area (Å²) in [5, 5.41) is 3.12. The maximum Gasteiger partial charge on any atom is 0.251 e. The lowest BCUT2D eigenvalue weighted by molar-refractivity contribution is 0.0730. The summed E-state index contributed by atoms with van der Waals surface area (Å²) in [6.07, 6.45) is 4.75. The number of sulfonamides is 1. The SMILES string of the molecule is O=C(N[C@H]1C[C@@H]2CC[C@@H]1C2)c1cccc(S(=O)(=O)N2CCOCC2)c1. The van der Waals surface area contributed by atoms with Crippen LogP contribution in [0.15, 0.2) is 29.2 Å². The molecule has 3 aliphatic rings. The van der Waals surface area contributed by atoms with Crippen LogP contribution in [0.2, 0.25) is 0 Å². The van der Waals surface area contributed by atoms with Gasteiger partial charge in [0.05, 0.1) is 18.1 Å². The fourth-order valence-electron chi connectivity index (χ4n) is 4.41. The maximum atomic E-state index is 12.7. The van der Waals surface area contributed by atoms with Crippen LogP contribution in [0.5, 0.6) is 0 Å². The van der Waals surface area contributed by atoms with Gasteiger partial charge >= 0.3 is 0 Å². The van der Waals surface area contributed by atoms with Gasteiger partial charge in [-0.1, -0.05) is 12.5 Å². The monoisotopic (exact) mass is 364 g/mol. The summed E-state index contributed by atoms with van der Waals surface area (Å²) >= 11 is 0. The molecule has 2 aliphatic carbocycles. The molecule has 4 rings (SSSR count). The molecule has 0 spiro atoms. The lowest BCUT2D eigenvalue weighted by Crippen LogP contribution is -2.41. The van der Waals surface area contributed by atoms with Crippen molar-refractivity contribution in [3.63, 3.8) is 0 Å². The van der Waals surface area contributed by atoms with Crippen molar-refractivity contribution >= 4 is 15.9 Å². The summed E-state index contributed by atoms with van der Waals surface area (Å²) in [5.41, 5.74) is 0.414. The Morgan fingerprint density at radius 2 is 1.96 bits per heavy atom. The van der Waals surface area contributed by atoms with Gasteiger partial charge in [-0.05, 0) is 49.3 Å². The Balaban J connectivity index is 1.49. The van der Waals surface area contributed by atoms with Crippen molar-refractivity contribution in [2.45, 2.75) is 36.6 Å². The van der Waals surface area contributed by atoms with Gasteiger partial charge < -0.3 is 10.1 Å². The second-order valence-electron chi connectivity index (χ2n) is 7.30. The number of rotatable bonds is 4. The average Bonchev–Trinajstić information content (AvgIpc) is 3.25. The molecule has 0 radical (unpaired) electrons. The van der Waals surface area contributed by atoms with Gasteiger partial charge in [0.1, 0.15) is 0 Å². The second-order valence-corrected chi connectivity index (χ2v) is 9.24. The molecule has 1 aliphatic heterocycles. The molecule has 1 saturated heterocycles. The van der Waals surface area contributed by atoms with E-state index in [2.05, 4.69) is 5.32 Å². The van der Waals surface area contributed by atoms with Gasteiger partial charge in [-0.3, -0.25) is 4.79 Å². The van der Waals surface area contributed by atoms with Gasteiger partial charge in [0.25, 0.3) is 5.91 Å². The zero-order chi connectivity index (χ0) is 17.4. The summed E-state index contributed by atoms with van der Waals surface area (Å²) in [4.78, 5) is 12.8. The zero-order valence-corrected chi connectivity index (χ0v) is 15.0. The first kappa shape index (κ1) is 17.0. The van der Waals surface area contributed by atoms with E-state index in [9.17, 15) is 13.2 Å². The highest BCUT2D eigenvalue weighted by Crippen LogP contribution is 2.44. The molecule has 3 fully saturated rings. The van der Waals surface area contributed by atoms with Gasteiger partial charge in [-0.25, -0.2) is 8.42 Å². The van der Waals surface area contributed by atoms with Crippen LogP contribution < -0.4 is 5.32 Å². The van der Waals surface area contributed by atoms with Crippen LogP contribution in [0.4, 0.5) is 0 Å². The normalized spacial score (nSPS) is 29.7. The molecule has 25 heavy (non-hydrogen) atoms.